The molecule has 2 fully saturated rings. The van der Waals surface area contributed by atoms with Crippen molar-refractivity contribution in [3.63, 3.8) is 0 Å². The van der Waals surface area contributed by atoms with Gasteiger partial charge in [0.25, 0.3) is 0 Å². The van der Waals surface area contributed by atoms with E-state index in [9.17, 15) is 0 Å². The summed E-state index contributed by atoms with van der Waals surface area (Å²) < 4.78 is 10.7. The zero-order valence-corrected chi connectivity index (χ0v) is 10.7. The summed E-state index contributed by atoms with van der Waals surface area (Å²) in [5, 5.41) is 0. The molecule has 0 bridgehead atoms. The molecule has 0 atom stereocenters. The Morgan fingerprint density at radius 2 is 1.75 bits per heavy atom. The van der Waals surface area contributed by atoms with Crippen LogP contribution in [0.1, 0.15) is 32.6 Å². The highest BCUT2D eigenvalue weighted by Gasteiger charge is 2.34. The lowest BCUT2D eigenvalue weighted by Gasteiger charge is -2.46. The molecular formula is C13H25NO2. The van der Waals surface area contributed by atoms with Crippen LogP contribution in [0.4, 0.5) is 0 Å². The number of likely N-dealkylation sites (tertiary alicyclic amines) is 1. The predicted octanol–water partition coefficient (Wildman–Crippen LogP) is 1.91. The van der Waals surface area contributed by atoms with Gasteiger partial charge in [-0.3, -0.25) is 4.90 Å². The SMILES string of the molecule is COCCOC1CN([C@H]2CC[C@@H](C)CC2)C1. The van der Waals surface area contributed by atoms with Gasteiger partial charge in [-0.25, -0.2) is 0 Å². The lowest BCUT2D eigenvalue weighted by molar-refractivity contribution is -0.0877. The average molecular weight is 227 g/mol. The van der Waals surface area contributed by atoms with Gasteiger partial charge in [0, 0.05) is 26.2 Å². The highest BCUT2D eigenvalue weighted by molar-refractivity contribution is 4.88. The fourth-order valence-electron chi connectivity index (χ4n) is 2.78. The normalized spacial score (nSPS) is 32.6. The van der Waals surface area contributed by atoms with Gasteiger partial charge in [-0.2, -0.15) is 0 Å². The summed E-state index contributed by atoms with van der Waals surface area (Å²) >= 11 is 0. The minimum atomic E-state index is 0.467. The summed E-state index contributed by atoms with van der Waals surface area (Å²) in [4.78, 5) is 2.60. The molecule has 0 unspecified atom stereocenters. The molecule has 0 radical (unpaired) electrons. The maximum absolute atomic E-state index is 5.69. The van der Waals surface area contributed by atoms with Crippen molar-refractivity contribution in [2.24, 2.45) is 5.92 Å². The highest BCUT2D eigenvalue weighted by atomic mass is 16.5. The number of hydrogen-bond donors (Lipinski definition) is 0. The van der Waals surface area contributed by atoms with Crippen LogP contribution in [0.5, 0.6) is 0 Å². The van der Waals surface area contributed by atoms with E-state index >= 15 is 0 Å². The van der Waals surface area contributed by atoms with Crippen LogP contribution < -0.4 is 0 Å². The van der Waals surface area contributed by atoms with Crippen LogP contribution in [0.15, 0.2) is 0 Å². The number of methoxy groups -OCH3 is 1. The third kappa shape index (κ3) is 3.19. The Hall–Kier alpha value is -0.120. The van der Waals surface area contributed by atoms with E-state index in [1.165, 1.54) is 25.7 Å². The van der Waals surface area contributed by atoms with Crippen LogP contribution in [0.3, 0.4) is 0 Å². The molecular weight excluding hydrogens is 202 g/mol. The Labute approximate surface area is 99.1 Å². The topological polar surface area (TPSA) is 21.7 Å². The lowest BCUT2D eigenvalue weighted by atomic mass is 9.85. The standard InChI is InChI=1S/C13H25NO2/c1-11-3-5-12(6-4-11)14-9-13(10-14)16-8-7-15-2/h11-13H,3-10H2,1-2H3/t11-,12+. The van der Waals surface area contributed by atoms with Gasteiger partial charge < -0.3 is 9.47 Å². The first kappa shape index (κ1) is 12.3. The van der Waals surface area contributed by atoms with Gasteiger partial charge in [0.1, 0.15) is 0 Å². The molecule has 16 heavy (non-hydrogen) atoms. The number of hydrogen-bond acceptors (Lipinski definition) is 3. The van der Waals surface area contributed by atoms with Gasteiger partial charge in [0.15, 0.2) is 0 Å². The fourth-order valence-corrected chi connectivity index (χ4v) is 2.78. The van der Waals surface area contributed by atoms with Crippen LogP contribution in [0, 0.1) is 5.92 Å². The maximum atomic E-state index is 5.69. The fraction of sp³-hybridized carbons (Fsp3) is 1.00. The summed E-state index contributed by atoms with van der Waals surface area (Å²) in [5.41, 5.74) is 0. The summed E-state index contributed by atoms with van der Waals surface area (Å²) in [6.07, 6.45) is 6.08. The van der Waals surface area contributed by atoms with E-state index in [0.717, 1.165) is 38.3 Å². The lowest BCUT2D eigenvalue weighted by Crippen LogP contribution is -2.57. The minimum absolute atomic E-state index is 0.467. The Morgan fingerprint density at radius 3 is 2.38 bits per heavy atom. The van der Waals surface area contributed by atoms with Crippen LogP contribution in [-0.2, 0) is 9.47 Å². The monoisotopic (exact) mass is 227 g/mol. The summed E-state index contributed by atoms with van der Waals surface area (Å²) in [7, 11) is 1.72. The number of ether oxygens (including phenoxy) is 2. The van der Waals surface area contributed by atoms with Crippen molar-refractivity contribution < 1.29 is 9.47 Å². The quantitative estimate of drug-likeness (QED) is 0.670. The van der Waals surface area contributed by atoms with E-state index in [0.29, 0.717) is 6.10 Å². The van der Waals surface area contributed by atoms with Crippen LogP contribution in [0.25, 0.3) is 0 Å². The van der Waals surface area contributed by atoms with E-state index in [1.54, 1.807) is 7.11 Å². The van der Waals surface area contributed by atoms with Gasteiger partial charge in [-0.15, -0.1) is 0 Å². The van der Waals surface area contributed by atoms with Gasteiger partial charge in [0.05, 0.1) is 19.3 Å². The van der Waals surface area contributed by atoms with Gasteiger partial charge in [-0.1, -0.05) is 6.92 Å². The molecule has 0 spiro atoms. The molecule has 0 N–H and O–H groups in total. The molecule has 1 aliphatic heterocycles. The molecule has 0 aromatic carbocycles. The maximum Gasteiger partial charge on any atom is 0.0830 e. The molecule has 2 rings (SSSR count). The largest absolute Gasteiger partial charge is 0.382 e. The third-order valence-electron chi connectivity index (χ3n) is 4.02. The Balaban J connectivity index is 1.57. The Morgan fingerprint density at radius 1 is 1.06 bits per heavy atom. The molecule has 0 aromatic heterocycles. The van der Waals surface area contributed by atoms with Crippen molar-refractivity contribution in [2.75, 3.05) is 33.4 Å². The molecule has 3 heteroatoms. The minimum Gasteiger partial charge on any atom is -0.382 e. The molecule has 2 aliphatic rings. The van der Waals surface area contributed by atoms with Crippen molar-refractivity contribution in [1.29, 1.82) is 0 Å². The average Bonchev–Trinajstić information content (AvgIpc) is 2.23. The number of rotatable bonds is 5. The van der Waals surface area contributed by atoms with E-state index in [2.05, 4.69) is 11.8 Å². The van der Waals surface area contributed by atoms with Crippen molar-refractivity contribution in [1.82, 2.24) is 4.90 Å². The first-order valence-corrected chi connectivity index (χ1v) is 6.64. The van der Waals surface area contributed by atoms with Gasteiger partial charge >= 0.3 is 0 Å². The van der Waals surface area contributed by atoms with E-state index in [-0.39, 0.29) is 0 Å². The van der Waals surface area contributed by atoms with E-state index in [1.807, 2.05) is 0 Å². The van der Waals surface area contributed by atoms with Crippen molar-refractivity contribution in [3.8, 4) is 0 Å². The van der Waals surface area contributed by atoms with Crippen molar-refractivity contribution >= 4 is 0 Å². The summed E-state index contributed by atoms with van der Waals surface area (Å²) in [6.45, 7) is 6.13. The molecule has 94 valence electrons. The number of nitrogens with zero attached hydrogens (tertiary/aromatic N) is 1. The second kappa shape index (κ2) is 5.99. The van der Waals surface area contributed by atoms with Crippen LogP contribution in [-0.4, -0.2) is 50.5 Å². The third-order valence-corrected chi connectivity index (χ3v) is 4.02. The highest BCUT2D eigenvalue weighted by Crippen LogP contribution is 2.30. The van der Waals surface area contributed by atoms with Gasteiger partial charge in [0.2, 0.25) is 0 Å². The first-order chi connectivity index (χ1) is 7.79. The summed E-state index contributed by atoms with van der Waals surface area (Å²) in [5.74, 6) is 0.950. The first-order valence-electron chi connectivity index (χ1n) is 6.64. The molecule has 1 saturated carbocycles. The zero-order valence-electron chi connectivity index (χ0n) is 10.7. The van der Waals surface area contributed by atoms with Crippen molar-refractivity contribution in [2.45, 2.75) is 44.8 Å². The second-order valence-electron chi connectivity index (χ2n) is 5.35. The van der Waals surface area contributed by atoms with Gasteiger partial charge in [-0.05, 0) is 31.6 Å². The molecule has 1 aliphatic carbocycles. The van der Waals surface area contributed by atoms with Crippen LogP contribution >= 0.6 is 0 Å². The van der Waals surface area contributed by atoms with E-state index < -0.39 is 0 Å². The predicted molar refractivity (Wildman–Crippen MR) is 64.6 cm³/mol. The Bertz CT molecular complexity index is 196. The molecule has 1 saturated heterocycles. The van der Waals surface area contributed by atoms with Crippen LogP contribution in [0.2, 0.25) is 0 Å². The second-order valence-corrected chi connectivity index (χ2v) is 5.35. The zero-order chi connectivity index (χ0) is 11.4. The Kier molecular flexibility index (Phi) is 4.62. The molecule has 3 nitrogen and oxygen atoms in total. The summed E-state index contributed by atoms with van der Waals surface area (Å²) in [6, 6.07) is 0.846. The smallest absolute Gasteiger partial charge is 0.0830 e. The van der Waals surface area contributed by atoms with Crippen molar-refractivity contribution in [3.05, 3.63) is 0 Å². The van der Waals surface area contributed by atoms with E-state index in [4.69, 9.17) is 9.47 Å². The molecule has 0 amide bonds. The molecule has 0 aromatic rings. The molecule has 1 heterocycles.